The van der Waals surface area contributed by atoms with E-state index in [2.05, 4.69) is 31.4 Å². The number of ether oxygens (including phenoxy) is 1. The Hall–Kier alpha value is -1.47. The SMILES string of the molecule is CC(C)COC(=O)Nc1nnc(-c2ccc(Br)cc2)s1. The van der Waals surface area contributed by atoms with Crippen LogP contribution < -0.4 is 5.32 Å². The molecule has 0 unspecified atom stereocenters. The van der Waals surface area contributed by atoms with Crippen LogP contribution in [0.15, 0.2) is 28.7 Å². The predicted molar refractivity (Wildman–Crippen MR) is 82.9 cm³/mol. The van der Waals surface area contributed by atoms with Crippen LogP contribution in [-0.4, -0.2) is 22.9 Å². The number of nitrogens with one attached hydrogen (secondary N) is 1. The van der Waals surface area contributed by atoms with Crippen molar-refractivity contribution in [3.05, 3.63) is 28.7 Å². The lowest BCUT2D eigenvalue weighted by Gasteiger charge is -2.06. The monoisotopic (exact) mass is 355 g/mol. The number of anilines is 1. The second-order valence-electron chi connectivity index (χ2n) is 4.54. The van der Waals surface area contributed by atoms with E-state index in [4.69, 9.17) is 4.74 Å². The first kappa shape index (κ1) is 14.9. The Morgan fingerprint density at radius 1 is 1.35 bits per heavy atom. The van der Waals surface area contributed by atoms with Crippen molar-refractivity contribution >= 4 is 38.5 Å². The third kappa shape index (κ3) is 4.28. The van der Waals surface area contributed by atoms with E-state index in [0.717, 1.165) is 15.0 Å². The summed E-state index contributed by atoms with van der Waals surface area (Å²) in [5.74, 6) is 0.300. The first-order chi connectivity index (χ1) is 9.54. The molecule has 1 heterocycles. The Labute approximate surface area is 129 Å². The second-order valence-corrected chi connectivity index (χ2v) is 6.43. The van der Waals surface area contributed by atoms with Gasteiger partial charge in [0.2, 0.25) is 5.13 Å². The Morgan fingerprint density at radius 3 is 2.70 bits per heavy atom. The molecule has 0 atom stereocenters. The molecule has 0 fully saturated rings. The van der Waals surface area contributed by atoms with Crippen molar-refractivity contribution in [2.24, 2.45) is 5.92 Å². The molecule has 0 aliphatic rings. The number of carbonyl (C=O) groups excluding carboxylic acids is 1. The highest BCUT2D eigenvalue weighted by Crippen LogP contribution is 2.27. The molecule has 0 radical (unpaired) electrons. The van der Waals surface area contributed by atoms with Gasteiger partial charge in [-0.3, -0.25) is 5.32 Å². The summed E-state index contributed by atoms with van der Waals surface area (Å²) in [6, 6.07) is 7.73. The van der Waals surface area contributed by atoms with Gasteiger partial charge in [-0.2, -0.15) is 0 Å². The smallest absolute Gasteiger partial charge is 0.413 e. The molecule has 0 aliphatic heterocycles. The fraction of sp³-hybridized carbons (Fsp3) is 0.308. The molecule has 7 heteroatoms. The highest BCUT2D eigenvalue weighted by atomic mass is 79.9. The summed E-state index contributed by atoms with van der Waals surface area (Å²) in [6.45, 7) is 4.33. The van der Waals surface area contributed by atoms with Crippen LogP contribution in [0.2, 0.25) is 0 Å². The minimum absolute atomic E-state index is 0.300. The summed E-state index contributed by atoms with van der Waals surface area (Å²) < 4.78 is 6.02. The summed E-state index contributed by atoms with van der Waals surface area (Å²) >= 11 is 4.68. The standard InChI is InChI=1S/C13H14BrN3O2S/c1-8(2)7-19-13(18)15-12-17-16-11(20-12)9-3-5-10(14)6-4-9/h3-6,8H,7H2,1-2H3,(H,15,17,18). The molecule has 0 aliphatic carbocycles. The summed E-state index contributed by atoms with van der Waals surface area (Å²) in [5.41, 5.74) is 0.953. The molecule has 2 aromatic rings. The number of halogens is 1. The summed E-state index contributed by atoms with van der Waals surface area (Å²) in [5, 5.41) is 11.7. The first-order valence-corrected chi connectivity index (χ1v) is 7.69. The van der Waals surface area contributed by atoms with Crippen molar-refractivity contribution < 1.29 is 9.53 Å². The van der Waals surface area contributed by atoms with E-state index in [1.807, 2.05) is 38.1 Å². The van der Waals surface area contributed by atoms with Crippen LogP contribution >= 0.6 is 27.3 Å². The van der Waals surface area contributed by atoms with E-state index in [9.17, 15) is 4.79 Å². The molecular formula is C13H14BrN3O2S. The highest BCUT2D eigenvalue weighted by Gasteiger charge is 2.10. The predicted octanol–water partition coefficient (Wildman–Crippen LogP) is 4.17. The van der Waals surface area contributed by atoms with Crippen molar-refractivity contribution in [2.45, 2.75) is 13.8 Å². The Balaban J connectivity index is 1.98. The van der Waals surface area contributed by atoms with Crippen LogP contribution in [0, 0.1) is 5.92 Å². The van der Waals surface area contributed by atoms with Crippen LogP contribution in [0.1, 0.15) is 13.8 Å². The van der Waals surface area contributed by atoms with Crippen molar-refractivity contribution in [1.82, 2.24) is 10.2 Å². The second kappa shape index (κ2) is 6.81. The molecule has 0 bridgehead atoms. The number of hydrogen-bond acceptors (Lipinski definition) is 5. The third-order valence-corrected chi connectivity index (χ3v) is 3.69. The largest absolute Gasteiger partial charge is 0.449 e. The Kier molecular flexibility index (Phi) is 5.08. The Bertz CT molecular complexity index is 584. The van der Waals surface area contributed by atoms with Crippen molar-refractivity contribution in [1.29, 1.82) is 0 Å². The normalized spacial score (nSPS) is 10.6. The average Bonchev–Trinajstić information content (AvgIpc) is 2.85. The zero-order chi connectivity index (χ0) is 14.5. The molecule has 0 saturated heterocycles. The topological polar surface area (TPSA) is 64.1 Å². The summed E-state index contributed by atoms with van der Waals surface area (Å²) in [6.07, 6.45) is -0.503. The zero-order valence-electron chi connectivity index (χ0n) is 11.1. The molecule has 1 N–H and O–H groups in total. The van der Waals surface area contributed by atoms with Gasteiger partial charge >= 0.3 is 6.09 Å². The average molecular weight is 356 g/mol. The van der Waals surface area contributed by atoms with Crippen molar-refractivity contribution in [3.8, 4) is 10.6 Å². The lowest BCUT2D eigenvalue weighted by atomic mass is 10.2. The molecule has 5 nitrogen and oxygen atoms in total. The van der Waals surface area contributed by atoms with E-state index in [1.165, 1.54) is 11.3 Å². The van der Waals surface area contributed by atoms with Gasteiger partial charge < -0.3 is 4.74 Å². The van der Waals surface area contributed by atoms with E-state index in [1.54, 1.807) is 0 Å². The number of aromatic nitrogens is 2. The molecule has 2 rings (SSSR count). The van der Waals surface area contributed by atoms with Gasteiger partial charge in [0.1, 0.15) is 5.01 Å². The van der Waals surface area contributed by atoms with Gasteiger partial charge in [0.05, 0.1) is 6.61 Å². The maximum absolute atomic E-state index is 11.5. The number of amides is 1. The van der Waals surface area contributed by atoms with E-state index in [0.29, 0.717) is 17.7 Å². The fourth-order valence-electron chi connectivity index (χ4n) is 1.35. The van der Waals surface area contributed by atoms with Crippen LogP contribution in [0.5, 0.6) is 0 Å². The summed E-state index contributed by atoms with van der Waals surface area (Å²) in [4.78, 5) is 11.5. The van der Waals surface area contributed by atoms with E-state index in [-0.39, 0.29) is 0 Å². The zero-order valence-corrected chi connectivity index (χ0v) is 13.5. The molecule has 1 amide bonds. The van der Waals surface area contributed by atoms with Crippen LogP contribution in [0.25, 0.3) is 10.6 Å². The van der Waals surface area contributed by atoms with E-state index < -0.39 is 6.09 Å². The van der Waals surface area contributed by atoms with Gasteiger partial charge in [-0.05, 0) is 18.1 Å². The molecule has 0 saturated carbocycles. The number of carbonyl (C=O) groups is 1. The molecule has 1 aromatic carbocycles. The van der Waals surface area contributed by atoms with Gasteiger partial charge in [0, 0.05) is 10.0 Å². The number of rotatable bonds is 4. The quantitative estimate of drug-likeness (QED) is 0.893. The maximum Gasteiger partial charge on any atom is 0.413 e. The Morgan fingerprint density at radius 2 is 2.05 bits per heavy atom. The maximum atomic E-state index is 11.5. The number of benzene rings is 1. The lowest BCUT2D eigenvalue weighted by Crippen LogP contribution is -2.16. The van der Waals surface area contributed by atoms with Crippen LogP contribution in [0.3, 0.4) is 0 Å². The van der Waals surface area contributed by atoms with E-state index >= 15 is 0 Å². The van der Waals surface area contributed by atoms with Gasteiger partial charge in [-0.15, -0.1) is 10.2 Å². The third-order valence-electron chi connectivity index (χ3n) is 2.27. The van der Waals surface area contributed by atoms with Gasteiger partial charge in [-0.25, -0.2) is 4.79 Å². The minimum atomic E-state index is -0.503. The molecular weight excluding hydrogens is 342 g/mol. The van der Waals surface area contributed by atoms with Crippen LogP contribution in [-0.2, 0) is 4.74 Å². The fourth-order valence-corrected chi connectivity index (χ4v) is 2.35. The first-order valence-electron chi connectivity index (χ1n) is 6.08. The van der Waals surface area contributed by atoms with Gasteiger partial charge in [-0.1, -0.05) is 53.2 Å². The van der Waals surface area contributed by atoms with Gasteiger partial charge in [0.25, 0.3) is 0 Å². The van der Waals surface area contributed by atoms with Crippen LogP contribution in [0.4, 0.5) is 9.93 Å². The van der Waals surface area contributed by atoms with Gasteiger partial charge in [0.15, 0.2) is 0 Å². The molecule has 106 valence electrons. The minimum Gasteiger partial charge on any atom is -0.449 e. The molecule has 0 spiro atoms. The number of nitrogens with zero attached hydrogens (tertiary/aromatic N) is 2. The molecule has 1 aromatic heterocycles. The number of hydrogen-bond donors (Lipinski definition) is 1. The highest BCUT2D eigenvalue weighted by molar-refractivity contribution is 9.10. The van der Waals surface area contributed by atoms with Crippen molar-refractivity contribution in [3.63, 3.8) is 0 Å². The summed E-state index contributed by atoms with van der Waals surface area (Å²) in [7, 11) is 0. The lowest BCUT2D eigenvalue weighted by molar-refractivity contribution is 0.147. The van der Waals surface area contributed by atoms with Crippen molar-refractivity contribution in [2.75, 3.05) is 11.9 Å². The molecule has 20 heavy (non-hydrogen) atoms.